The van der Waals surface area contributed by atoms with E-state index in [1.165, 1.54) is 0 Å². The van der Waals surface area contributed by atoms with Gasteiger partial charge in [-0.15, -0.1) is 0 Å². The lowest BCUT2D eigenvalue weighted by Crippen LogP contribution is -2.48. The highest BCUT2D eigenvalue weighted by Gasteiger charge is 2.22. The number of carbonyl (C=O) groups is 2. The summed E-state index contributed by atoms with van der Waals surface area (Å²) in [6.07, 6.45) is 2.69. The van der Waals surface area contributed by atoms with Crippen molar-refractivity contribution in [3.05, 3.63) is 0 Å². The van der Waals surface area contributed by atoms with Gasteiger partial charge < -0.3 is 16.2 Å². The predicted octanol–water partition coefficient (Wildman–Crippen LogP) is 1.12. The molecule has 0 radical (unpaired) electrons. The van der Waals surface area contributed by atoms with Crippen LogP contribution in [0.2, 0.25) is 0 Å². The quantitative estimate of drug-likeness (QED) is 0.596. The summed E-state index contributed by atoms with van der Waals surface area (Å²) in [5.41, 5.74) is 5.69. The van der Waals surface area contributed by atoms with Gasteiger partial charge in [0.2, 0.25) is 5.91 Å². The maximum Gasteiger partial charge on any atom is 0.326 e. The van der Waals surface area contributed by atoms with Crippen LogP contribution in [0.5, 0.6) is 0 Å². The number of nitrogens with one attached hydrogen (secondary N) is 1. The molecule has 0 aromatic carbocycles. The monoisotopic (exact) mass is 244 g/mol. The van der Waals surface area contributed by atoms with E-state index < -0.39 is 18.1 Å². The summed E-state index contributed by atoms with van der Waals surface area (Å²) in [6.45, 7) is 5.92. The number of hydrogen-bond acceptors (Lipinski definition) is 3. The minimum atomic E-state index is -0.997. The molecule has 0 saturated heterocycles. The van der Waals surface area contributed by atoms with Gasteiger partial charge in [0.1, 0.15) is 6.04 Å². The Hall–Kier alpha value is -1.10. The van der Waals surface area contributed by atoms with Crippen molar-refractivity contribution in [3.63, 3.8) is 0 Å². The third-order valence-corrected chi connectivity index (χ3v) is 2.52. The molecule has 2 unspecified atom stereocenters. The Morgan fingerprint density at radius 3 is 2.35 bits per heavy atom. The molecular weight excluding hydrogens is 220 g/mol. The highest BCUT2D eigenvalue weighted by molar-refractivity contribution is 5.86. The molecule has 0 aliphatic heterocycles. The van der Waals surface area contributed by atoms with Gasteiger partial charge >= 0.3 is 5.97 Å². The molecule has 0 aromatic rings. The number of aliphatic carboxylic acids is 1. The van der Waals surface area contributed by atoms with Crippen molar-refractivity contribution < 1.29 is 14.7 Å². The zero-order valence-corrected chi connectivity index (χ0v) is 10.9. The molecule has 0 spiro atoms. The van der Waals surface area contributed by atoms with Gasteiger partial charge in [-0.25, -0.2) is 4.79 Å². The Bertz CT molecular complexity index is 254. The van der Waals surface area contributed by atoms with Crippen LogP contribution in [0.4, 0.5) is 0 Å². The van der Waals surface area contributed by atoms with E-state index in [1.807, 2.05) is 20.8 Å². The highest BCUT2D eigenvalue weighted by Crippen LogP contribution is 2.05. The first kappa shape index (κ1) is 15.9. The second kappa shape index (κ2) is 8.06. The first-order valence-corrected chi connectivity index (χ1v) is 6.17. The van der Waals surface area contributed by atoms with Crippen molar-refractivity contribution in [2.75, 3.05) is 0 Å². The molecule has 0 rings (SSSR count). The van der Waals surface area contributed by atoms with Gasteiger partial charge in [-0.1, -0.05) is 33.6 Å². The van der Waals surface area contributed by atoms with E-state index in [0.717, 1.165) is 12.8 Å². The Labute approximate surface area is 103 Å². The summed E-state index contributed by atoms with van der Waals surface area (Å²) >= 11 is 0. The minimum Gasteiger partial charge on any atom is -0.480 e. The number of unbranched alkanes of at least 4 members (excludes halogenated alkanes) is 1. The first-order valence-electron chi connectivity index (χ1n) is 6.17. The fourth-order valence-electron chi connectivity index (χ4n) is 1.56. The normalized spacial score (nSPS) is 14.4. The molecule has 0 bridgehead atoms. The maximum atomic E-state index is 11.7. The second-order valence-electron chi connectivity index (χ2n) is 4.78. The lowest BCUT2D eigenvalue weighted by molar-refractivity contribution is -0.142. The lowest BCUT2D eigenvalue weighted by Gasteiger charge is -2.18. The molecule has 0 saturated carbocycles. The Morgan fingerprint density at radius 1 is 1.35 bits per heavy atom. The zero-order valence-electron chi connectivity index (χ0n) is 10.9. The fraction of sp³-hybridized carbons (Fsp3) is 0.833. The van der Waals surface area contributed by atoms with Crippen molar-refractivity contribution >= 4 is 11.9 Å². The molecule has 17 heavy (non-hydrogen) atoms. The first-order chi connectivity index (χ1) is 7.88. The van der Waals surface area contributed by atoms with Gasteiger partial charge in [0, 0.05) is 0 Å². The Balaban J connectivity index is 4.24. The molecule has 2 atom stereocenters. The van der Waals surface area contributed by atoms with Gasteiger partial charge in [0.25, 0.3) is 0 Å². The molecule has 0 heterocycles. The van der Waals surface area contributed by atoms with Crippen LogP contribution >= 0.6 is 0 Å². The molecule has 0 aliphatic rings. The predicted molar refractivity (Wildman–Crippen MR) is 66.5 cm³/mol. The van der Waals surface area contributed by atoms with E-state index in [0.29, 0.717) is 18.8 Å². The molecule has 1 amide bonds. The molecule has 100 valence electrons. The van der Waals surface area contributed by atoms with E-state index in [9.17, 15) is 9.59 Å². The molecule has 0 aliphatic carbocycles. The van der Waals surface area contributed by atoms with Gasteiger partial charge in [0.15, 0.2) is 0 Å². The average molecular weight is 244 g/mol. The highest BCUT2D eigenvalue weighted by atomic mass is 16.4. The van der Waals surface area contributed by atoms with Crippen LogP contribution in [0.3, 0.4) is 0 Å². The van der Waals surface area contributed by atoms with Crippen molar-refractivity contribution in [2.24, 2.45) is 11.7 Å². The van der Waals surface area contributed by atoms with Crippen molar-refractivity contribution in [2.45, 2.75) is 58.5 Å². The van der Waals surface area contributed by atoms with Gasteiger partial charge in [-0.3, -0.25) is 4.79 Å². The molecular formula is C12H24N2O3. The van der Waals surface area contributed by atoms with Gasteiger partial charge in [-0.2, -0.15) is 0 Å². The summed E-state index contributed by atoms with van der Waals surface area (Å²) in [6, 6.07) is -1.45. The smallest absolute Gasteiger partial charge is 0.326 e. The minimum absolute atomic E-state index is 0.315. The number of rotatable bonds is 8. The summed E-state index contributed by atoms with van der Waals surface area (Å²) in [4.78, 5) is 22.6. The summed E-state index contributed by atoms with van der Waals surface area (Å²) < 4.78 is 0. The second-order valence-corrected chi connectivity index (χ2v) is 4.78. The van der Waals surface area contributed by atoms with Crippen LogP contribution in [0, 0.1) is 5.92 Å². The number of carboxylic acid groups (broad SMARTS) is 1. The fourth-order valence-corrected chi connectivity index (χ4v) is 1.56. The van der Waals surface area contributed by atoms with E-state index in [-0.39, 0.29) is 5.91 Å². The van der Waals surface area contributed by atoms with E-state index in [2.05, 4.69) is 5.32 Å². The summed E-state index contributed by atoms with van der Waals surface area (Å²) in [5.74, 6) is -1.06. The number of hydrogen-bond donors (Lipinski definition) is 3. The van der Waals surface area contributed by atoms with Crippen LogP contribution in [0.1, 0.15) is 46.5 Å². The third-order valence-electron chi connectivity index (χ3n) is 2.52. The van der Waals surface area contributed by atoms with E-state index in [1.54, 1.807) is 0 Å². The average Bonchev–Trinajstić information content (AvgIpc) is 2.22. The SMILES string of the molecule is CCCCC(NC(=O)C(N)CC(C)C)C(=O)O. The Kier molecular flexibility index (Phi) is 7.54. The van der Waals surface area contributed by atoms with Crippen LogP contribution < -0.4 is 11.1 Å². The Morgan fingerprint density at radius 2 is 1.94 bits per heavy atom. The van der Waals surface area contributed by atoms with Crippen molar-refractivity contribution in [3.8, 4) is 0 Å². The number of carbonyl (C=O) groups excluding carboxylic acids is 1. The van der Waals surface area contributed by atoms with E-state index >= 15 is 0 Å². The molecule has 5 heteroatoms. The third kappa shape index (κ3) is 6.94. The molecule has 0 fully saturated rings. The molecule has 5 nitrogen and oxygen atoms in total. The van der Waals surface area contributed by atoms with Crippen LogP contribution in [-0.2, 0) is 9.59 Å². The van der Waals surface area contributed by atoms with Crippen molar-refractivity contribution in [1.82, 2.24) is 5.32 Å². The molecule has 4 N–H and O–H groups in total. The number of amides is 1. The standard InChI is InChI=1S/C12H24N2O3/c1-4-5-6-10(12(16)17)14-11(15)9(13)7-8(2)3/h8-10H,4-7,13H2,1-3H3,(H,14,15)(H,16,17). The maximum absolute atomic E-state index is 11.7. The van der Waals surface area contributed by atoms with Gasteiger partial charge in [-0.05, 0) is 18.8 Å². The topological polar surface area (TPSA) is 92.4 Å². The number of nitrogens with two attached hydrogens (primary N) is 1. The molecule has 0 aromatic heterocycles. The van der Waals surface area contributed by atoms with E-state index in [4.69, 9.17) is 10.8 Å². The zero-order chi connectivity index (χ0) is 13.4. The van der Waals surface area contributed by atoms with Crippen LogP contribution in [0.15, 0.2) is 0 Å². The largest absolute Gasteiger partial charge is 0.480 e. The van der Waals surface area contributed by atoms with Crippen molar-refractivity contribution in [1.29, 1.82) is 0 Å². The van der Waals surface area contributed by atoms with Crippen LogP contribution in [-0.4, -0.2) is 29.1 Å². The summed E-state index contributed by atoms with van der Waals surface area (Å²) in [5, 5.41) is 11.4. The van der Waals surface area contributed by atoms with Gasteiger partial charge in [0.05, 0.1) is 6.04 Å². The lowest BCUT2D eigenvalue weighted by atomic mass is 10.0. The number of carboxylic acids is 1. The van der Waals surface area contributed by atoms with Crippen LogP contribution in [0.25, 0.3) is 0 Å². The summed E-state index contributed by atoms with van der Waals surface area (Å²) in [7, 11) is 0.